The van der Waals surface area contributed by atoms with Crippen LogP contribution in [0.15, 0.2) is 134 Å². The van der Waals surface area contributed by atoms with Crippen molar-refractivity contribution in [2.45, 2.75) is 44.9 Å². The van der Waals surface area contributed by atoms with Crippen LogP contribution < -0.4 is 15.5 Å². The van der Waals surface area contributed by atoms with Crippen LogP contribution in [0, 0.1) is 23.3 Å². The highest BCUT2D eigenvalue weighted by molar-refractivity contribution is 6.67. The molecule has 71 heavy (non-hydrogen) atoms. The van der Waals surface area contributed by atoms with E-state index in [-0.39, 0.29) is 40.1 Å². The molecule has 0 saturated carbocycles. The van der Waals surface area contributed by atoms with Gasteiger partial charge < -0.3 is 15.5 Å². The molecule has 0 atom stereocenters. The summed E-state index contributed by atoms with van der Waals surface area (Å²) in [5.41, 5.74) is 9.83. The average molecular weight is 980 g/mol. The number of rotatable bonds is 10. The zero-order valence-electron chi connectivity index (χ0n) is 38.3. The fourth-order valence-electron chi connectivity index (χ4n) is 8.28. The summed E-state index contributed by atoms with van der Waals surface area (Å²) in [5, 5.41) is -0.639. The van der Waals surface area contributed by atoms with Gasteiger partial charge in [0, 0.05) is 60.5 Å². The maximum absolute atomic E-state index is 14.9. The van der Waals surface area contributed by atoms with Gasteiger partial charge >= 0.3 is 0 Å². The Balaban J connectivity index is 0.000000164. The van der Waals surface area contributed by atoms with E-state index in [4.69, 9.17) is 22.3 Å². The van der Waals surface area contributed by atoms with Gasteiger partial charge in [0.15, 0.2) is 17.3 Å². The van der Waals surface area contributed by atoms with Gasteiger partial charge in [-0.05, 0) is 153 Å². The van der Waals surface area contributed by atoms with E-state index in [1.165, 1.54) is 73.5 Å². The van der Waals surface area contributed by atoms with Crippen molar-refractivity contribution in [3.05, 3.63) is 196 Å². The Hall–Kier alpha value is -7.91. The standard InChI is InChI=1S/C28H23F2N3O2.C20H19FN4O.C7H4ClFO/c29-21-6-4-5-19(15-21)26(34)14-18-7-9-22(23(30)13-18)28(35)20-8-10-24-25(16-20)32-27(17-31-24)33-11-2-1-3-12-33;21-16-11-14(22)5-6-15(16)20(26)13-4-7-17-18(10-13)24-19(12-23-17)25-8-2-1-3-9-25;8-7(10)5-2-1-3-6(9)4-5/h4-10,13,15-17H,1-3,11-12,14H2;4-7,10-12H,1-3,8-9,22H2;1-4H. The molecular weight excluding hydrogens is 934 g/mol. The van der Waals surface area contributed by atoms with E-state index in [2.05, 4.69) is 24.8 Å². The van der Waals surface area contributed by atoms with Crippen molar-refractivity contribution in [3.8, 4) is 0 Å². The molecule has 10 rings (SSSR count). The lowest BCUT2D eigenvalue weighted by Gasteiger charge is -2.27. The molecule has 4 heterocycles. The van der Waals surface area contributed by atoms with Crippen molar-refractivity contribution in [2.75, 3.05) is 41.7 Å². The first-order valence-electron chi connectivity index (χ1n) is 23.0. The van der Waals surface area contributed by atoms with E-state index in [0.717, 1.165) is 81.7 Å². The summed E-state index contributed by atoms with van der Waals surface area (Å²) in [6.45, 7) is 3.79. The van der Waals surface area contributed by atoms with Gasteiger partial charge in [0.25, 0.3) is 5.24 Å². The topological polar surface area (TPSA) is 152 Å². The van der Waals surface area contributed by atoms with Crippen LogP contribution in [0.5, 0.6) is 0 Å². The molecule has 2 aliphatic heterocycles. The fourth-order valence-corrected chi connectivity index (χ4v) is 8.39. The number of ketones is 3. The molecule has 360 valence electrons. The number of aromatic nitrogens is 4. The van der Waals surface area contributed by atoms with Crippen molar-refractivity contribution >= 4 is 73.6 Å². The second kappa shape index (κ2) is 22.7. The van der Waals surface area contributed by atoms with Crippen molar-refractivity contribution < 1.29 is 36.7 Å². The van der Waals surface area contributed by atoms with Crippen LogP contribution in [0.4, 0.5) is 34.9 Å². The first kappa shape index (κ1) is 49.5. The largest absolute Gasteiger partial charge is 0.399 e. The van der Waals surface area contributed by atoms with Crippen LogP contribution in [0.2, 0.25) is 0 Å². The number of piperidine rings is 2. The maximum atomic E-state index is 14.9. The van der Waals surface area contributed by atoms with Crippen LogP contribution in [-0.2, 0) is 6.42 Å². The summed E-state index contributed by atoms with van der Waals surface area (Å²) in [6, 6.07) is 28.8. The Morgan fingerprint density at radius 3 is 1.45 bits per heavy atom. The van der Waals surface area contributed by atoms with Crippen LogP contribution in [0.3, 0.4) is 0 Å². The first-order valence-corrected chi connectivity index (χ1v) is 23.4. The van der Waals surface area contributed by atoms with Gasteiger partial charge in [-0.25, -0.2) is 27.5 Å². The molecule has 8 aromatic rings. The monoisotopic (exact) mass is 979 g/mol. The van der Waals surface area contributed by atoms with Gasteiger partial charge in [0.1, 0.15) is 34.9 Å². The number of nitrogens with zero attached hydrogens (tertiary/aromatic N) is 6. The smallest absolute Gasteiger partial charge is 0.252 e. The molecule has 0 unspecified atom stereocenters. The maximum Gasteiger partial charge on any atom is 0.252 e. The minimum atomic E-state index is -0.715. The van der Waals surface area contributed by atoms with Crippen molar-refractivity contribution in [3.63, 3.8) is 0 Å². The highest BCUT2D eigenvalue weighted by Gasteiger charge is 2.20. The second-order valence-corrected chi connectivity index (χ2v) is 17.4. The molecule has 2 N–H and O–H groups in total. The van der Waals surface area contributed by atoms with Crippen LogP contribution in [0.1, 0.15) is 96.6 Å². The van der Waals surface area contributed by atoms with Gasteiger partial charge in [-0.3, -0.25) is 29.1 Å². The lowest BCUT2D eigenvalue weighted by atomic mass is 9.98. The van der Waals surface area contributed by atoms with Crippen molar-refractivity contribution in [2.24, 2.45) is 0 Å². The molecule has 16 heteroatoms. The number of Topliss-reactive ketones (excluding diaryl/α,β-unsaturated/α-hetero) is 1. The first-order chi connectivity index (χ1) is 34.3. The minimum Gasteiger partial charge on any atom is -0.399 e. The number of nitrogen functional groups attached to an aromatic ring is 1. The molecule has 6 aromatic carbocycles. The molecule has 2 aromatic heterocycles. The van der Waals surface area contributed by atoms with Gasteiger partial charge in [-0.1, -0.05) is 24.3 Å². The van der Waals surface area contributed by atoms with Gasteiger partial charge in [-0.15, -0.1) is 0 Å². The van der Waals surface area contributed by atoms with E-state index in [0.29, 0.717) is 38.8 Å². The number of carbonyl (C=O) groups is 4. The Kier molecular flexibility index (Phi) is 15.8. The predicted octanol–water partition coefficient (Wildman–Crippen LogP) is 11.3. The van der Waals surface area contributed by atoms with Crippen molar-refractivity contribution in [1.82, 2.24) is 19.9 Å². The lowest BCUT2D eigenvalue weighted by molar-refractivity contribution is 0.0990. The number of halogens is 5. The third-order valence-electron chi connectivity index (χ3n) is 12.0. The third kappa shape index (κ3) is 12.5. The predicted molar refractivity (Wildman–Crippen MR) is 266 cm³/mol. The van der Waals surface area contributed by atoms with E-state index < -0.39 is 40.1 Å². The molecule has 0 amide bonds. The average Bonchev–Trinajstić information content (AvgIpc) is 3.38. The molecule has 0 aliphatic carbocycles. The number of benzene rings is 6. The normalized spacial score (nSPS) is 13.4. The summed E-state index contributed by atoms with van der Waals surface area (Å²) in [4.78, 5) is 71.2. The van der Waals surface area contributed by atoms with Gasteiger partial charge in [-0.2, -0.15) is 0 Å². The molecule has 2 aliphatic rings. The zero-order chi connectivity index (χ0) is 50.0. The van der Waals surface area contributed by atoms with Crippen LogP contribution in [-0.4, -0.2) is 68.7 Å². The number of fused-ring (bicyclic) bond motifs is 2. The van der Waals surface area contributed by atoms with E-state index in [9.17, 15) is 36.7 Å². The summed E-state index contributed by atoms with van der Waals surface area (Å²) >= 11 is 5.07. The highest BCUT2D eigenvalue weighted by atomic mass is 35.5. The Bertz CT molecular complexity index is 3290. The molecule has 0 spiro atoms. The zero-order valence-corrected chi connectivity index (χ0v) is 39.0. The SMILES string of the molecule is Nc1ccc(C(=O)c2ccc3ncc(N4CCCCC4)nc3c2)c(F)c1.O=C(Cc1ccc(C(=O)c2ccc3ncc(N4CCCCC4)nc3c2)c(F)c1)c1cccc(F)c1.O=C(Cl)c1cccc(F)c1. The van der Waals surface area contributed by atoms with E-state index >= 15 is 0 Å². The molecule has 0 radical (unpaired) electrons. The molecular formula is C55H46ClF4N7O4. The summed E-state index contributed by atoms with van der Waals surface area (Å²) in [5.74, 6) is -1.90. The lowest BCUT2D eigenvalue weighted by Crippen LogP contribution is -2.30. The summed E-state index contributed by atoms with van der Waals surface area (Å²) in [7, 11) is 0. The highest BCUT2D eigenvalue weighted by Crippen LogP contribution is 2.25. The second-order valence-electron chi connectivity index (χ2n) is 17.1. The van der Waals surface area contributed by atoms with E-state index in [1.807, 2.05) is 0 Å². The summed E-state index contributed by atoms with van der Waals surface area (Å²) in [6.07, 6.45) is 10.4. The quantitative estimate of drug-likeness (QED) is 0.0603. The van der Waals surface area contributed by atoms with Crippen LogP contribution >= 0.6 is 11.6 Å². The van der Waals surface area contributed by atoms with Gasteiger partial charge in [0.05, 0.1) is 45.6 Å². The molecule has 2 fully saturated rings. The molecule has 0 bridgehead atoms. The number of anilines is 3. The molecule has 11 nitrogen and oxygen atoms in total. The number of hydrogen-bond acceptors (Lipinski definition) is 11. The Labute approximate surface area is 411 Å². The van der Waals surface area contributed by atoms with Gasteiger partial charge in [0.2, 0.25) is 0 Å². The fraction of sp³-hybridized carbons (Fsp3) is 0.200. The number of nitrogens with two attached hydrogens (primary N) is 1. The number of hydrogen-bond donors (Lipinski definition) is 1. The number of carbonyl (C=O) groups excluding carboxylic acids is 4. The van der Waals surface area contributed by atoms with Crippen LogP contribution in [0.25, 0.3) is 22.1 Å². The third-order valence-corrected chi connectivity index (χ3v) is 12.2. The Morgan fingerprint density at radius 1 is 0.507 bits per heavy atom. The molecule has 2 saturated heterocycles. The minimum absolute atomic E-state index is 0.00121. The van der Waals surface area contributed by atoms with E-state index in [1.54, 1.807) is 54.9 Å². The van der Waals surface area contributed by atoms with Crippen molar-refractivity contribution in [1.29, 1.82) is 0 Å². The summed E-state index contributed by atoms with van der Waals surface area (Å²) < 4.78 is 54.7. The Morgan fingerprint density at radius 2 is 0.986 bits per heavy atom.